The van der Waals surface area contributed by atoms with Crippen LogP contribution < -0.4 is 31.8 Å². The predicted octanol–water partition coefficient (Wildman–Crippen LogP) is 6.28. The lowest BCUT2D eigenvalue weighted by molar-refractivity contribution is -0.135. The molecule has 5 heteroatoms. The Hall–Kier alpha value is -4.81. The standard InChI is InChI=1S/C42H37O3P2/c1-2-45-42(44)41(47(37-27-15-6-16-28-37,38-29-17-7-18-30-38)39-31-19-8-20-32-39)40(43)33-46(34-21-9-3-10-22-34,35-23-11-4-12-24-35)36-25-13-5-14-26-36/h3-32H,2,33H2,1H3/q+1. The Morgan fingerprint density at radius 3 is 1.09 bits per heavy atom. The van der Waals surface area contributed by atoms with Gasteiger partial charge in [-0.05, 0) is 66.1 Å². The average Bonchev–Trinajstić information content (AvgIpc) is 3.15. The third-order valence-corrected chi connectivity index (χ3v) is 17.1. The quantitative estimate of drug-likeness (QED) is 0.0942. The Morgan fingerprint density at radius 2 is 0.787 bits per heavy atom. The van der Waals surface area contributed by atoms with Gasteiger partial charge in [0.1, 0.15) is 34.6 Å². The van der Waals surface area contributed by atoms with Gasteiger partial charge >= 0.3 is 5.97 Å². The normalized spacial score (nSPS) is 11.4. The van der Waals surface area contributed by atoms with Crippen molar-refractivity contribution >= 4 is 63.0 Å². The van der Waals surface area contributed by atoms with Crippen molar-refractivity contribution in [3.8, 4) is 0 Å². The van der Waals surface area contributed by atoms with E-state index >= 15 is 4.79 Å². The smallest absolute Gasteiger partial charge is 0.342 e. The molecule has 0 aliphatic heterocycles. The molecule has 0 spiro atoms. The van der Waals surface area contributed by atoms with E-state index in [1.54, 1.807) is 6.92 Å². The molecule has 0 aliphatic carbocycles. The number of esters is 1. The van der Waals surface area contributed by atoms with Gasteiger partial charge in [0.15, 0.2) is 0 Å². The molecule has 0 atom stereocenters. The summed E-state index contributed by atoms with van der Waals surface area (Å²) in [6.45, 7) is -1.10. The third-order valence-electron chi connectivity index (χ3n) is 8.47. The number of hydrogen-bond acceptors (Lipinski definition) is 3. The Morgan fingerprint density at radius 1 is 0.489 bits per heavy atom. The molecule has 0 N–H and O–H groups in total. The van der Waals surface area contributed by atoms with E-state index in [4.69, 9.17) is 4.74 Å². The second-order valence-corrected chi connectivity index (χ2v) is 18.0. The van der Waals surface area contributed by atoms with E-state index in [0.29, 0.717) is 0 Å². The zero-order valence-electron chi connectivity index (χ0n) is 26.4. The molecule has 0 bridgehead atoms. The topological polar surface area (TPSA) is 43.4 Å². The Balaban J connectivity index is 1.76. The van der Waals surface area contributed by atoms with Crippen LogP contribution in [0, 0.1) is 0 Å². The van der Waals surface area contributed by atoms with Gasteiger partial charge in [-0.2, -0.15) is 0 Å². The summed E-state index contributed by atoms with van der Waals surface area (Å²) in [6.07, 6.45) is 0.132. The summed E-state index contributed by atoms with van der Waals surface area (Å²) in [5.41, 5.74) is 0. The van der Waals surface area contributed by atoms with Crippen LogP contribution in [0.5, 0.6) is 0 Å². The zero-order chi connectivity index (χ0) is 32.5. The van der Waals surface area contributed by atoms with Gasteiger partial charge in [-0.1, -0.05) is 146 Å². The minimum Gasteiger partial charge on any atom is -0.462 e. The highest BCUT2D eigenvalue weighted by Crippen LogP contribution is 2.56. The molecule has 0 saturated carbocycles. The van der Waals surface area contributed by atoms with Gasteiger partial charge < -0.3 is 4.74 Å². The number of ketones is 1. The largest absolute Gasteiger partial charge is 0.462 e. The lowest BCUT2D eigenvalue weighted by Gasteiger charge is -2.33. The van der Waals surface area contributed by atoms with Crippen molar-refractivity contribution in [2.45, 2.75) is 6.92 Å². The van der Waals surface area contributed by atoms with Crippen LogP contribution in [0.15, 0.2) is 182 Å². The van der Waals surface area contributed by atoms with Gasteiger partial charge in [-0.25, -0.2) is 4.79 Å². The van der Waals surface area contributed by atoms with E-state index in [1.165, 1.54) is 0 Å². The number of carbonyl (C=O) groups is 2. The van der Waals surface area contributed by atoms with Gasteiger partial charge in [0.25, 0.3) is 0 Å². The highest BCUT2D eigenvalue weighted by molar-refractivity contribution is 7.99. The molecule has 0 radical (unpaired) electrons. The summed E-state index contributed by atoms with van der Waals surface area (Å²) < 4.78 is 5.87. The summed E-state index contributed by atoms with van der Waals surface area (Å²) in [5.74, 6) is -0.757. The van der Waals surface area contributed by atoms with Crippen LogP contribution in [0.1, 0.15) is 6.92 Å². The molecule has 0 amide bonds. The summed E-state index contributed by atoms with van der Waals surface area (Å²) in [4.78, 5) is 30.3. The Labute approximate surface area is 278 Å². The first-order valence-electron chi connectivity index (χ1n) is 15.8. The summed E-state index contributed by atoms with van der Waals surface area (Å²) in [7, 11) is -2.63. The first kappa shape index (κ1) is 32.1. The molecule has 47 heavy (non-hydrogen) atoms. The number of rotatable bonds is 11. The molecular weight excluding hydrogens is 614 g/mol. The number of carbonyl (C=O) groups excluding carboxylic acids is 2. The maximum Gasteiger partial charge on any atom is 0.342 e. The van der Waals surface area contributed by atoms with Gasteiger partial charge in [-0.15, -0.1) is 0 Å². The lowest BCUT2D eigenvalue weighted by Crippen LogP contribution is -2.43. The van der Waals surface area contributed by atoms with Crippen molar-refractivity contribution in [2.75, 3.05) is 12.8 Å². The summed E-state index contributed by atoms with van der Waals surface area (Å²) in [6, 6.07) is 61.1. The van der Waals surface area contributed by atoms with Crippen molar-refractivity contribution in [1.29, 1.82) is 0 Å². The Kier molecular flexibility index (Phi) is 10.1. The maximum atomic E-state index is 15.7. The van der Waals surface area contributed by atoms with E-state index < -0.39 is 20.1 Å². The van der Waals surface area contributed by atoms with Crippen LogP contribution >= 0.6 is 14.1 Å². The van der Waals surface area contributed by atoms with Crippen LogP contribution in [-0.4, -0.2) is 29.8 Å². The third kappa shape index (κ3) is 6.18. The minimum atomic E-state index is -3.06. The van der Waals surface area contributed by atoms with E-state index in [-0.39, 0.29) is 23.8 Å². The van der Waals surface area contributed by atoms with Crippen molar-refractivity contribution in [3.63, 3.8) is 0 Å². The van der Waals surface area contributed by atoms with Crippen LogP contribution in [0.25, 0.3) is 0 Å². The number of Topliss-reactive ketones (excluding diaryl/α,β-unsaturated/α-hetero) is 1. The van der Waals surface area contributed by atoms with Crippen molar-refractivity contribution in [3.05, 3.63) is 182 Å². The molecule has 6 rings (SSSR count). The summed E-state index contributed by atoms with van der Waals surface area (Å²) in [5, 5.41) is 6.24. The van der Waals surface area contributed by atoms with Crippen molar-refractivity contribution in [1.82, 2.24) is 0 Å². The van der Waals surface area contributed by atoms with Gasteiger partial charge in [0.05, 0.1) is 6.61 Å². The SMILES string of the molecule is CCOC(=O)C(C(=O)C[P+](c1ccccc1)(c1ccccc1)c1ccccc1)=P(c1ccccc1)(c1ccccc1)c1ccccc1. The number of hydrogen-bond donors (Lipinski definition) is 0. The molecule has 0 fully saturated rings. The second-order valence-electron chi connectivity index (χ2n) is 11.1. The van der Waals surface area contributed by atoms with Crippen LogP contribution in [0.2, 0.25) is 0 Å². The number of ether oxygens (including phenoxy) is 1. The molecular formula is C42H37O3P2+. The van der Waals surface area contributed by atoms with Crippen LogP contribution in [-0.2, 0) is 14.3 Å². The van der Waals surface area contributed by atoms with Gasteiger partial charge in [0, 0.05) is 0 Å². The lowest BCUT2D eigenvalue weighted by atomic mass is 10.3. The summed E-state index contributed by atoms with van der Waals surface area (Å²) >= 11 is 0. The zero-order valence-corrected chi connectivity index (χ0v) is 28.1. The monoisotopic (exact) mass is 651 g/mol. The molecule has 0 saturated heterocycles. The fraction of sp³-hybridized carbons (Fsp3) is 0.0714. The Bertz CT molecular complexity index is 1780. The van der Waals surface area contributed by atoms with E-state index in [1.807, 2.05) is 146 Å². The highest BCUT2D eigenvalue weighted by atomic mass is 31.2. The van der Waals surface area contributed by atoms with E-state index in [9.17, 15) is 4.79 Å². The van der Waals surface area contributed by atoms with E-state index in [0.717, 1.165) is 31.8 Å². The molecule has 3 nitrogen and oxygen atoms in total. The van der Waals surface area contributed by atoms with Crippen molar-refractivity contribution < 1.29 is 14.3 Å². The van der Waals surface area contributed by atoms with Crippen molar-refractivity contribution in [2.24, 2.45) is 0 Å². The van der Waals surface area contributed by atoms with Crippen LogP contribution in [0.4, 0.5) is 0 Å². The molecule has 0 heterocycles. The minimum absolute atomic E-state index is 0.132. The van der Waals surface area contributed by atoms with Gasteiger partial charge in [-0.3, -0.25) is 4.79 Å². The first-order chi connectivity index (χ1) is 23.1. The molecule has 232 valence electrons. The molecule has 0 aliphatic rings. The highest BCUT2D eigenvalue weighted by Gasteiger charge is 2.50. The number of benzene rings is 6. The average molecular weight is 652 g/mol. The molecule has 0 aromatic heterocycles. The second kappa shape index (κ2) is 14.7. The molecule has 0 unspecified atom stereocenters. The molecule has 6 aromatic carbocycles. The predicted molar refractivity (Wildman–Crippen MR) is 202 cm³/mol. The van der Waals surface area contributed by atoms with Crippen LogP contribution in [0.3, 0.4) is 0 Å². The molecule has 6 aromatic rings. The van der Waals surface area contributed by atoms with Gasteiger partial charge in [0.2, 0.25) is 5.78 Å². The first-order valence-corrected chi connectivity index (χ1v) is 19.6. The van der Waals surface area contributed by atoms with E-state index in [2.05, 4.69) is 36.4 Å². The maximum absolute atomic E-state index is 15.7. The fourth-order valence-electron chi connectivity index (χ4n) is 6.49. The fourth-order valence-corrected chi connectivity index (χ4v) is 15.0.